The molecule has 122 valence electrons. The molecular formula is C17H26N2O3. The van der Waals surface area contributed by atoms with Crippen molar-refractivity contribution in [2.24, 2.45) is 0 Å². The zero-order valence-corrected chi connectivity index (χ0v) is 13.9. The maximum Gasteiger partial charge on any atom is 0.417 e. The van der Waals surface area contributed by atoms with E-state index in [1.54, 1.807) is 0 Å². The molecular weight excluding hydrogens is 280 g/mol. The Labute approximate surface area is 132 Å². The van der Waals surface area contributed by atoms with Crippen LogP contribution in [0.3, 0.4) is 0 Å². The van der Waals surface area contributed by atoms with Crippen molar-refractivity contribution < 1.29 is 14.3 Å². The van der Waals surface area contributed by atoms with Crippen LogP contribution in [-0.4, -0.2) is 30.7 Å². The van der Waals surface area contributed by atoms with E-state index in [0.717, 1.165) is 24.2 Å². The first-order chi connectivity index (χ1) is 10.5. The molecule has 0 aliphatic rings. The lowest BCUT2D eigenvalue weighted by molar-refractivity contribution is 0.117. The summed E-state index contributed by atoms with van der Waals surface area (Å²) >= 11 is 0. The summed E-state index contributed by atoms with van der Waals surface area (Å²) in [5.41, 5.74) is 1.85. The van der Waals surface area contributed by atoms with Crippen molar-refractivity contribution in [1.29, 1.82) is 0 Å². The minimum absolute atomic E-state index is 0.341. The van der Waals surface area contributed by atoms with Gasteiger partial charge in [0.2, 0.25) is 0 Å². The number of ether oxygens (including phenoxy) is 1. The average Bonchev–Trinajstić information content (AvgIpc) is 2.51. The van der Waals surface area contributed by atoms with Crippen LogP contribution in [0.15, 0.2) is 24.3 Å². The molecule has 3 amide bonds. The minimum Gasteiger partial charge on any atom is -0.449 e. The van der Waals surface area contributed by atoms with Crippen LogP contribution in [0.4, 0.5) is 15.3 Å². The number of hydrogen-bond donors (Lipinski definition) is 1. The van der Waals surface area contributed by atoms with E-state index >= 15 is 0 Å². The van der Waals surface area contributed by atoms with Crippen LogP contribution < -0.4 is 5.32 Å². The fourth-order valence-electron chi connectivity index (χ4n) is 1.85. The summed E-state index contributed by atoms with van der Waals surface area (Å²) in [5, 5.41) is 2.68. The van der Waals surface area contributed by atoms with Crippen molar-refractivity contribution in [3.8, 4) is 0 Å². The first kappa shape index (κ1) is 18.0. The predicted octanol–water partition coefficient (Wildman–Crippen LogP) is 4.60. The molecule has 0 bridgehead atoms. The van der Waals surface area contributed by atoms with E-state index in [2.05, 4.69) is 26.1 Å². The standard InChI is InChI=1S/C17H26N2O3/c1-5-6-7-12-22-17(21)19(4)16(20)18-15-10-8-14(9-11-15)13(2)3/h8-11,13H,5-7,12H2,1-4H3,(H,18,20). The molecule has 1 rings (SSSR count). The number of carbonyl (C=O) groups excluding carboxylic acids is 2. The van der Waals surface area contributed by atoms with Gasteiger partial charge in [-0.3, -0.25) is 0 Å². The average molecular weight is 306 g/mol. The maximum absolute atomic E-state index is 12.0. The Hall–Kier alpha value is -2.04. The topological polar surface area (TPSA) is 58.6 Å². The van der Waals surface area contributed by atoms with Gasteiger partial charge in [0.25, 0.3) is 0 Å². The number of amides is 3. The number of carbonyl (C=O) groups is 2. The quantitative estimate of drug-likeness (QED) is 0.781. The largest absolute Gasteiger partial charge is 0.449 e. The number of urea groups is 1. The van der Waals surface area contributed by atoms with Crippen LogP contribution in [0.5, 0.6) is 0 Å². The number of imide groups is 1. The molecule has 0 unspecified atom stereocenters. The number of anilines is 1. The molecule has 0 spiro atoms. The molecule has 0 aromatic heterocycles. The van der Waals surface area contributed by atoms with Crippen LogP contribution in [0.25, 0.3) is 0 Å². The minimum atomic E-state index is -0.632. The molecule has 0 fully saturated rings. The highest BCUT2D eigenvalue weighted by atomic mass is 16.6. The first-order valence-electron chi connectivity index (χ1n) is 7.77. The third-order valence-corrected chi connectivity index (χ3v) is 3.38. The molecule has 0 aliphatic heterocycles. The van der Waals surface area contributed by atoms with Gasteiger partial charge in [-0.2, -0.15) is 0 Å². The Morgan fingerprint density at radius 2 is 1.82 bits per heavy atom. The summed E-state index contributed by atoms with van der Waals surface area (Å²) in [6, 6.07) is 7.08. The smallest absolute Gasteiger partial charge is 0.417 e. The highest BCUT2D eigenvalue weighted by Gasteiger charge is 2.18. The van der Waals surface area contributed by atoms with E-state index in [0.29, 0.717) is 18.2 Å². The van der Waals surface area contributed by atoms with Crippen molar-refractivity contribution in [3.63, 3.8) is 0 Å². The molecule has 5 heteroatoms. The second-order valence-corrected chi connectivity index (χ2v) is 5.59. The Morgan fingerprint density at radius 1 is 1.18 bits per heavy atom. The van der Waals surface area contributed by atoms with Gasteiger partial charge in [-0.05, 0) is 30.0 Å². The first-order valence-corrected chi connectivity index (χ1v) is 7.77. The summed E-state index contributed by atoms with van der Waals surface area (Å²) in [4.78, 5) is 24.6. The van der Waals surface area contributed by atoms with Crippen LogP contribution in [-0.2, 0) is 4.74 Å². The molecule has 0 saturated heterocycles. The van der Waals surface area contributed by atoms with Gasteiger partial charge in [0.1, 0.15) is 0 Å². The Kier molecular flexibility index (Phi) is 7.43. The molecule has 0 heterocycles. The van der Waals surface area contributed by atoms with E-state index in [9.17, 15) is 9.59 Å². The van der Waals surface area contributed by atoms with E-state index in [1.807, 2.05) is 24.3 Å². The van der Waals surface area contributed by atoms with Gasteiger partial charge in [0, 0.05) is 12.7 Å². The third kappa shape index (κ3) is 5.76. The Balaban J connectivity index is 2.47. The van der Waals surface area contributed by atoms with Crippen LogP contribution in [0, 0.1) is 0 Å². The summed E-state index contributed by atoms with van der Waals surface area (Å²) in [6.07, 6.45) is 2.24. The number of nitrogens with one attached hydrogen (secondary N) is 1. The lowest BCUT2D eigenvalue weighted by Gasteiger charge is -2.16. The van der Waals surface area contributed by atoms with Gasteiger partial charge in [0.05, 0.1) is 6.61 Å². The predicted molar refractivity (Wildman–Crippen MR) is 88.2 cm³/mol. The molecule has 1 N–H and O–H groups in total. The highest BCUT2D eigenvalue weighted by Crippen LogP contribution is 2.17. The lowest BCUT2D eigenvalue weighted by atomic mass is 10.0. The molecule has 0 radical (unpaired) electrons. The van der Waals surface area contributed by atoms with Crippen LogP contribution in [0.1, 0.15) is 51.5 Å². The zero-order chi connectivity index (χ0) is 16.5. The van der Waals surface area contributed by atoms with Gasteiger partial charge in [-0.1, -0.05) is 45.7 Å². The number of rotatable bonds is 6. The van der Waals surface area contributed by atoms with Gasteiger partial charge in [-0.25, -0.2) is 14.5 Å². The Bertz CT molecular complexity index is 483. The fourth-order valence-corrected chi connectivity index (χ4v) is 1.85. The summed E-state index contributed by atoms with van der Waals surface area (Å²) in [6.45, 7) is 6.63. The normalized spacial score (nSPS) is 10.4. The number of hydrogen-bond acceptors (Lipinski definition) is 3. The monoisotopic (exact) mass is 306 g/mol. The van der Waals surface area contributed by atoms with E-state index in [1.165, 1.54) is 12.6 Å². The van der Waals surface area contributed by atoms with Gasteiger partial charge in [0.15, 0.2) is 0 Å². The van der Waals surface area contributed by atoms with E-state index in [4.69, 9.17) is 4.74 Å². The van der Waals surface area contributed by atoms with Crippen molar-refractivity contribution in [3.05, 3.63) is 29.8 Å². The SMILES string of the molecule is CCCCCOC(=O)N(C)C(=O)Nc1ccc(C(C)C)cc1. The van der Waals surface area contributed by atoms with Crippen molar-refractivity contribution in [1.82, 2.24) is 4.90 Å². The van der Waals surface area contributed by atoms with Crippen molar-refractivity contribution in [2.45, 2.75) is 46.0 Å². The molecule has 5 nitrogen and oxygen atoms in total. The van der Waals surface area contributed by atoms with Gasteiger partial charge in [-0.15, -0.1) is 0 Å². The van der Waals surface area contributed by atoms with Crippen molar-refractivity contribution in [2.75, 3.05) is 19.0 Å². The molecule has 0 atom stereocenters. The number of unbranched alkanes of at least 4 members (excludes halogenated alkanes) is 2. The number of nitrogens with zero attached hydrogens (tertiary/aromatic N) is 1. The molecule has 1 aromatic carbocycles. The highest BCUT2D eigenvalue weighted by molar-refractivity contribution is 5.98. The summed E-state index contributed by atoms with van der Waals surface area (Å²) in [7, 11) is 1.40. The fraction of sp³-hybridized carbons (Fsp3) is 0.529. The van der Waals surface area contributed by atoms with Crippen LogP contribution >= 0.6 is 0 Å². The molecule has 22 heavy (non-hydrogen) atoms. The van der Waals surface area contributed by atoms with Gasteiger partial charge < -0.3 is 10.1 Å². The Morgan fingerprint density at radius 3 is 2.36 bits per heavy atom. The molecule has 0 aliphatic carbocycles. The third-order valence-electron chi connectivity index (χ3n) is 3.38. The molecule has 0 saturated carbocycles. The van der Waals surface area contributed by atoms with Gasteiger partial charge >= 0.3 is 12.1 Å². The lowest BCUT2D eigenvalue weighted by Crippen LogP contribution is -2.37. The van der Waals surface area contributed by atoms with Crippen LogP contribution in [0.2, 0.25) is 0 Å². The number of benzene rings is 1. The zero-order valence-electron chi connectivity index (χ0n) is 13.9. The summed E-state index contributed by atoms with van der Waals surface area (Å²) in [5.74, 6) is 0.436. The second kappa shape index (κ2) is 9.07. The van der Waals surface area contributed by atoms with E-state index in [-0.39, 0.29) is 0 Å². The van der Waals surface area contributed by atoms with Crippen molar-refractivity contribution >= 4 is 17.8 Å². The molecule has 1 aromatic rings. The summed E-state index contributed by atoms with van der Waals surface area (Å²) < 4.78 is 5.04. The maximum atomic E-state index is 12.0. The van der Waals surface area contributed by atoms with E-state index < -0.39 is 12.1 Å². The second-order valence-electron chi connectivity index (χ2n) is 5.59.